The summed E-state index contributed by atoms with van der Waals surface area (Å²) in [6.45, 7) is 9.42. The molecular formula is C19H30N2O2. The van der Waals surface area contributed by atoms with Crippen molar-refractivity contribution in [3.8, 4) is 0 Å². The molecular weight excluding hydrogens is 288 g/mol. The summed E-state index contributed by atoms with van der Waals surface area (Å²) in [6.07, 6.45) is 1.62. The van der Waals surface area contributed by atoms with Gasteiger partial charge in [-0.05, 0) is 18.9 Å². The van der Waals surface area contributed by atoms with Gasteiger partial charge in [-0.25, -0.2) is 0 Å². The summed E-state index contributed by atoms with van der Waals surface area (Å²) in [5, 5.41) is 3.07. The van der Waals surface area contributed by atoms with Gasteiger partial charge in [0.25, 0.3) is 0 Å². The molecule has 0 aliphatic heterocycles. The Kier molecular flexibility index (Phi) is 5.48. The van der Waals surface area contributed by atoms with Gasteiger partial charge >= 0.3 is 0 Å². The number of ether oxygens (including phenoxy) is 1. The predicted octanol–water partition coefficient (Wildman–Crippen LogP) is 2.83. The van der Waals surface area contributed by atoms with Crippen LogP contribution < -0.4 is 11.1 Å². The lowest BCUT2D eigenvalue weighted by atomic mass is 9.54. The van der Waals surface area contributed by atoms with Gasteiger partial charge in [-0.15, -0.1) is 0 Å². The highest BCUT2D eigenvalue weighted by Crippen LogP contribution is 2.49. The molecule has 1 saturated carbocycles. The van der Waals surface area contributed by atoms with Crippen molar-refractivity contribution in [1.82, 2.24) is 5.32 Å². The van der Waals surface area contributed by atoms with E-state index in [1.807, 2.05) is 39.0 Å². The smallest absolute Gasteiger partial charge is 0.240 e. The van der Waals surface area contributed by atoms with Crippen LogP contribution in [0.25, 0.3) is 0 Å². The van der Waals surface area contributed by atoms with E-state index < -0.39 is 5.54 Å². The van der Waals surface area contributed by atoms with Crippen LogP contribution in [0.2, 0.25) is 0 Å². The van der Waals surface area contributed by atoms with Crippen molar-refractivity contribution in [3.63, 3.8) is 0 Å². The number of amides is 1. The maximum Gasteiger partial charge on any atom is 0.240 e. The van der Waals surface area contributed by atoms with Crippen LogP contribution in [-0.2, 0) is 9.53 Å². The summed E-state index contributed by atoms with van der Waals surface area (Å²) in [4.78, 5) is 12.7. The summed E-state index contributed by atoms with van der Waals surface area (Å²) < 4.78 is 5.69. The molecule has 0 spiro atoms. The number of nitrogens with two attached hydrogens (primary N) is 1. The van der Waals surface area contributed by atoms with Gasteiger partial charge in [-0.2, -0.15) is 0 Å². The first-order valence-electron chi connectivity index (χ1n) is 8.60. The van der Waals surface area contributed by atoms with Gasteiger partial charge in [-0.3, -0.25) is 4.79 Å². The SMILES string of the molecule is CCOC1CC(N)(C(=O)NCC(CC)c2ccccc2)C1(C)C. The van der Waals surface area contributed by atoms with E-state index in [4.69, 9.17) is 10.5 Å². The number of carbonyl (C=O) groups is 1. The zero-order valence-electron chi connectivity index (χ0n) is 14.8. The van der Waals surface area contributed by atoms with Crippen LogP contribution in [0.1, 0.15) is 52.0 Å². The Labute approximate surface area is 139 Å². The van der Waals surface area contributed by atoms with E-state index in [9.17, 15) is 4.79 Å². The van der Waals surface area contributed by atoms with Crippen molar-refractivity contribution in [2.75, 3.05) is 13.2 Å². The molecule has 23 heavy (non-hydrogen) atoms. The van der Waals surface area contributed by atoms with Gasteiger partial charge in [0.2, 0.25) is 5.91 Å². The van der Waals surface area contributed by atoms with E-state index in [1.54, 1.807) is 0 Å². The Morgan fingerprint density at radius 3 is 2.52 bits per heavy atom. The standard InChI is InChI=1S/C19H30N2O2/c1-5-14(15-10-8-7-9-11-15)13-21-17(22)19(20)12-16(23-6-2)18(19,3)4/h7-11,14,16H,5-6,12-13,20H2,1-4H3,(H,21,22). The lowest BCUT2D eigenvalue weighted by molar-refractivity contribution is -0.170. The lowest BCUT2D eigenvalue weighted by Gasteiger charge is -2.57. The summed E-state index contributed by atoms with van der Waals surface area (Å²) in [5.74, 6) is 0.252. The minimum Gasteiger partial charge on any atom is -0.378 e. The van der Waals surface area contributed by atoms with Gasteiger partial charge in [0, 0.05) is 30.9 Å². The average molecular weight is 318 g/mol. The maximum atomic E-state index is 12.7. The highest BCUT2D eigenvalue weighted by Gasteiger charge is 2.62. The molecule has 0 heterocycles. The quantitative estimate of drug-likeness (QED) is 0.812. The van der Waals surface area contributed by atoms with Crippen molar-refractivity contribution in [2.45, 2.75) is 58.1 Å². The van der Waals surface area contributed by atoms with E-state index in [0.29, 0.717) is 25.5 Å². The Balaban J connectivity index is 1.97. The molecule has 0 radical (unpaired) electrons. The minimum atomic E-state index is -0.845. The third-order valence-corrected chi connectivity index (χ3v) is 5.51. The zero-order chi connectivity index (χ0) is 17.1. The molecule has 4 heteroatoms. The lowest BCUT2D eigenvalue weighted by Crippen LogP contribution is -2.75. The van der Waals surface area contributed by atoms with Crippen molar-refractivity contribution in [2.24, 2.45) is 11.1 Å². The third kappa shape index (κ3) is 3.29. The molecule has 0 bridgehead atoms. The van der Waals surface area contributed by atoms with Crippen molar-refractivity contribution >= 4 is 5.91 Å². The molecule has 4 nitrogen and oxygen atoms in total. The molecule has 2 rings (SSSR count). The zero-order valence-corrected chi connectivity index (χ0v) is 14.8. The molecule has 1 aromatic carbocycles. The molecule has 1 fully saturated rings. The molecule has 1 aromatic rings. The van der Waals surface area contributed by atoms with Crippen molar-refractivity contribution in [3.05, 3.63) is 35.9 Å². The molecule has 3 atom stereocenters. The fraction of sp³-hybridized carbons (Fsp3) is 0.632. The predicted molar refractivity (Wildman–Crippen MR) is 93.2 cm³/mol. The number of benzene rings is 1. The van der Waals surface area contributed by atoms with Crippen LogP contribution in [0.5, 0.6) is 0 Å². The topological polar surface area (TPSA) is 64.3 Å². The molecule has 1 amide bonds. The summed E-state index contributed by atoms with van der Waals surface area (Å²) in [5.41, 5.74) is 6.48. The van der Waals surface area contributed by atoms with Crippen molar-refractivity contribution < 1.29 is 9.53 Å². The number of nitrogens with one attached hydrogen (secondary N) is 1. The molecule has 1 aliphatic rings. The van der Waals surface area contributed by atoms with E-state index in [0.717, 1.165) is 6.42 Å². The van der Waals surface area contributed by atoms with Crippen LogP contribution in [-0.4, -0.2) is 30.7 Å². The van der Waals surface area contributed by atoms with E-state index in [2.05, 4.69) is 24.4 Å². The van der Waals surface area contributed by atoms with Crippen LogP contribution in [0, 0.1) is 5.41 Å². The van der Waals surface area contributed by atoms with Crippen molar-refractivity contribution in [1.29, 1.82) is 0 Å². The highest BCUT2D eigenvalue weighted by molar-refractivity contribution is 5.88. The second-order valence-corrected chi connectivity index (χ2v) is 7.07. The van der Waals surface area contributed by atoms with Gasteiger partial charge in [0.15, 0.2) is 0 Å². The Morgan fingerprint density at radius 2 is 2.00 bits per heavy atom. The molecule has 128 valence electrons. The maximum absolute atomic E-state index is 12.7. The first-order chi connectivity index (χ1) is 10.9. The van der Waals surface area contributed by atoms with E-state index in [1.165, 1.54) is 5.56 Å². The Bertz CT molecular complexity index is 529. The fourth-order valence-electron chi connectivity index (χ4n) is 3.42. The Morgan fingerprint density at radius 1 is 1.35 bits per heavy atom. The monoisotopic (exact) mass is 318 g/mol. The van der Waals surface area contributed by atoms with Crippen LogP contribution in [0.3, 0.4) is 0 Å². The van der Waals surface area contributed by atoms with Gasteiger partial charge in [0.05, 0.1) is 6.10 Å². The number of carbonyl (C=O) groups excluding carboxylic acids is 1. The average Bonchev–Trinajstić information content (AvgIpc) is 2.55. The second-order valence-electron chi connectivity index (χ2n) is 7.07. The highest BCUT2D eigenvalue weighted by atomic mass is 16.5. The summed E-state index contributed by atoms with van der Waals surface area (Å²) in [6, 6.07) is 10.3. The summed E-state index contributed by atoms with van der Waals surface area (Å²) >= 11 is 0. The van der Waals surface area contributed by atoms with Crippen LogP contribution in [0.4, 0.5) is 0 Å². The van der Waals surface area contributed by atoms with Gasteiger partial charge in [0.1, 0.15) is 5.54 Å². The van der Waals surface area contributed by atoms with Crippen LogP contribution >= 0.6 is 0 Å². The fourth-order valence-corrected chi connectivity index (χ4v) is 3.42. The number of hydrogen-bond donors (Lipinski definition) is 2. The molecule has 0 saturated heterocycles. The second kappa shape index (κ2) is 7.02. The minimum absolute atomic E-state index is 0.0549. The third-order valence-electron chi connectivity index (χ3n) is 5.51. The molecule has 3 unspecified atom stereocenters. The normalized spacial score (nSPS) is 27.1. The molecule has 3 N–H and O–H groups in total. The molecule has 0 aromatic heterocycles. The first-order valence-corrected chi connectivity index (χ1v) is 8.60. The summed E-state index contributed by atoms with van der Waals surface area (Å²) in [7, 11) is 0. The molecule has 1 aliphatic carbocycles. The number of hydrogen-bond acceptors (Lipinski definition) is 3. The Hall–Kier alpha value is -1.39. The van der Waals surface area contributed by atoms with Gasteiger partial charge < -0.3 is 15.8 Å². The van der Waals surface area contributed by atoms with E-state index in [-0.39, 0.29) is 17.4 Å². The van der Waals surface area contributed by atoms with E-state index >= 15 is 0 Å². The van der Waals surface area contributed by atoms with Gasteiger partial charge in [-0.1, -0.05) is 51.1 Å². The van der Waals surface area contributed by atoms with Crippen LogP contribution in [0.15, 0.2) is 30.3 Å². The first kappa shape index (κ1) is 18.0. The number of rotatable bonds is 7. The largest absolute Gasteiger partial charge is 0.378 e.